The molecule has 0 bridgehead atoms. The number of carbonyl (C=O) groups is 1. The number of aromatic nitrogens is 5. The van der Waals surface area contributed by atoms with Gasteiger partial charge in [0.1, 0.15) is 23.3 Å². The van der Waals surface area contributed by atoms with Gasteiger partial charge in [0.2, 0.25) is 5.76 Å². The molecule has 0 saturated carbocycles. The first-order valence-electron chi connectivity index (χ1n) is 9.35. The van der Waals surface area contributed by atoms with Crippen LogP contribution in [0.25, 0.3) is 11.3 Å². The van der Waals surface area contributed by atoms with Crippen molar-refractivity contribution in [1.82, 2.24) is 29.8 Å². The molecule has 0 radical (unpaired) electrons. The summed E-state index contributed by atoms with van der Waals surface area (Å²) in [6.45, 7) is 1.88. The number of carbonyl (C=O) groups excluding carboxylic acids is 1. The maximum atomic E-state index is 13.0. The van der Waals surface area contributed by atoms with E-state index in [0.29, 0.717) is 17.3 Å². The molecule has 9 heteroatoms. The highest BCUT2D eigenvalue weighted by Crippen LogP contribution is 2.26. The molecule has 0 unspecified atom stereocenters. The third-order valence-electron chi connectivity index (χ3n) is 4.84. The van der Waals surface area contributed by atoms with Crippen molar-refractivity contribution in [3.05, 3.63) is 71.8 Å². The Morgan fingerprint density at radius 3 is 2.77 bits per heavy atom. The molecule has 3 aromatic heterocycles. The van der Waals surface area contributed by atoms with E-state index >= 15 is 0 Å². The van der Waals surface area contributed by atoms with Gasteiger partial charge in [-0.15, -0.1) is 0 Å². The summed E-state index contributed by atoms with van der Waals surface area (Å²) in [5, 5.41) is 11.3. The predicted octanol–water partition coefficient (Wildman–Crippen LogP) is 2.65. The summed E-state index contributed by atoms with van der Waals surface area (Å²) in [6, 6.07) is 8.60. The summed E-state index contributed by atoms with van der Waals surface area (Å²) in [7, 11) is 5.30. The zero-order chi connectivity index (χ0) is 21.3. The van der Waals surface area contributed by atoms with Gasteiger partial charge >= 0.3 is 0 Å². The third-order valence-corrected chi connectivity index (χ3v) is 4.84. The van der Waals surface area contributed by atoms with Gasteiger partial charge in [0.25, 0.3) is 5.91 Å². The number of nitrogens with one attached hydrogen (secondary N) is 1. The Hall–Kier alpha value is -3.88. The Morgan fingerprint density at radius 1 is 1.27 bits per heavy atom. The van der Waals surface area contributed by atoms with Crippen LogP contribution in [0.3, 0.4) is 0 Å². The number of ether oxygens (including phenoxy) is 1. The number of amides is 1. The largest absolute Gasteiger partial charge is 0.497 e. The second-order valence-corrected chi connectivity index (χ2v) is 6.96. The smallest absolute Gasteiger partial charge is 0.290 e. The number of hydrogen-bond donors (Lipinski definition) is 1. The van der Waals surface area contributed by atoms with Crippen LogP contribution in [0.1, 0.15) is 33.7 Å². The Labute approximate surface area is 173 Å². The number of nitrogens with zero attached hydrogens (tertiary/aromatic N) is 5. The first kappa shape index (κ1) is 19.4. The molecule has 0 saturated heterocycles. The summed E-state index contributed by atoms with van der Waals surface area (Å²) < 4.78 is 14.2. The Balaban J connectivity index is 1.64. The Kier molecular flexibility index (Phi) is 5.09. The van der Waals surface area contributed by atoms with E-state index in [4.69, 9.17) is 9.26 Å². The number of hydrogen-bond acceptors (Lipinski definition) is 6. The molecule has 4 rings (SSSR count). The van der Waals surface area contributed by atoms with Crippen LogP contribution >= 0.6 is 0 Å². The second-order valence-electron chi connectivity index (χ2n) is 6.96. The van der Waals surface area contributed by atoms with Crippen LogP contribution in [0.2, 0.25) is 0 Å². The van der Waals surface area contributed by atoms with Gasteiger partial charge in [0.15, 0.2) is 0 Å². The zero-order valence-corrected chi connectivity index (χ0v) is 17.2. The molecule has 1 amide bonds. The van der Waals surface area contributed by atoms with Gasteiger partial charge in [-0.2, -0.15) is 5.10 Å². The van der Waals surface area contributed by atoms with Gasteiger partial charge in [-0.1, -0.05) is 17.3 Å². The minimum absolute atomic E-state index is 0.107. The van der Waals surface area contributed by atoms with Gasteiger partial charge in [-0.05, 0) is 24.6 Å². The monoisotopic (exact) mass is 406 g/mol. The lowest BCUT2D eigenvalue weighted by atomic mass is 10.1. The number of rotatable bonds is 6. The highest BCUT2D eigenvalue weighted by atomic mass is 16.5. The lowest BCUT2D eigenvalue weighted by molar-refractivity contribution is 0.0904. The van der Waals surface area contributed by atoms with E-state index in [2.05, 4.69) is 20.6 Å². The highest BCUT2D eigenvalue weighted by molar-refractivity contribution is 5.93. The molecule has 0 aliphatic heterocycles. The topological polar surface area (TPSA) is 100 Å². The van der Waals surface area contributed by atoms with Crippen LogP contribution < -0.4 is 10.1 Å². The van der Waals surface area contributed by atoms with Crippen LogP contribution in [0.4, 0.5) is 0 Å². The number of aryl methyl sites for hydroxylation is 3. The van der Waals surface area contributed by atoms with Gasteiger partial charge in [0, 0.05) is 44.3 Å². The van der Waals surface area contributed by atoms with Gasteiger partial charge in [-0.25, -0.2) is 4.98 Å². The van der Waals surface area contributed by atoms with Crippen molar-refractivity contribution in [2.45, 2.75) is 13.0 Å². The average Bonchev–Trinajstić information content (AvgIpc) is 3.46. The van der Waals surface area contributed by atoms with Crippen molar-refractivity contribution in [3.8, 4) is 17.0 Å². The van der Waals surface area contributed by atoms with E-state index in [9.17, 15) is 4.79 Å². The molecule has 30 heavy (non-hydrogen) atoms. The van der Waals surface area contributed by atoms with Crippen LogP contribution in [0.5, 0.6) is 5.75 Å². The molecule has 154 valence electrons. The molecule has 3 heterocycles. The van der Waals surface area contributed by atoms with E-state index in [-0.39, 0.29) is 5.76 Å². The highest BCUT2D eigenvalue weighted by Gasteiger charge is 2.24. The molecule has 0 fully saturated rings. The van der Waals surface area contributed by atoms with Crippen LogP contribution in [0.15, 0.2) is 53.4 Å². The van der Waals surface area contributed by atoms with E-state index in [0.717, 1.165) is 16.8 Å². The summed E-state index contributed by atoms with van der Waals surface area (Å²) in [4.78, 5) is 17.4. The van der Waals surface area contributed by atoms with Crippen molar-refractivity contribution in [3.63, 3.8) is 0 Å². The Bertz CT molecular complexity index is 1190. The predicted molar refractivity (Wildman–Crippen MR) is 109 cm³/mol. The standard InChI is InChI=1S/C21H22N6O3/c1-13-16(12-27(3)24-13)17-11-18(30-25-17)21(28)23-19(20-22-8-9-26(20)2)14-6-5-7-15(10-14)29-4/h5-12,19H,1-4H3,(H,23,28)/t19-/m1/s1. The molecule has 0 aliphatic rings. The fourth-order valence-corrected chi connectivity index (χ4v) is 3.34. The molecular formula is C21H22N6O3. The van der Waals surface area contributed by atoms with Gasteiger partial charge in [-0.3, -0.25) is 9.48 Å². The number of methoxy groups -OCH3 is 1. The van der Waals surface area contributed by atoms with E-state index in [1.165, 1.54) is 0 Å². The summed E-state index contributed by atoms with van der Waals surface area (Å²) in [6.07, 6.45) is 5.35. The van der Waals surface area contributed by atoms with E-state index < -0.39 is 11.9 Å². The molecular weight excluding hydrogens is 384 g/mol. The summed E-state index contributed by atoms with van der Waals surface area (Å²) in [5.74, 6) is 1.08. The van der Waals surface area contributed by atoms with Crippen molar-refractivity contribution in [2.75, 3.05) is 7.11 Å². The molecule has 1 N–H and O–H groups in total. The zero-order valence-electron chi connectivity index (χ0n) is 17.2. The summed E-state index contributed by atoms with van der Waals surface area (Å²) >= 11 is 0. The second kappa shape index (κ2) is 7.86. The lowest BCUT2D eigenvalue weighted by Crippen LogP contribution is -2.30. The van der Waals surface area contributed by atoms with Gasteiger partial charge < -0.3 is 19.1 Å². The van der Waals surface area contributed by atoms with Crippen molar-refractivity contribution < 1.29 is 14.1 Å². The maximum absolute atomic E-state index is 13.0. The molecule has 9 nitrogen and oxygen atoms in total. The third kappa shape index (κ3) is 3.69. The Morgan fingerprint density at radius 2 is 2.10 bits per heavy atom. The summed E-state index contributed by atoms with van der Waals surface area (Å²) in [5.41, 5.74) is 3.01. The minimum atomic E-state index is -0.499. The lowest BCUT2D eigenvalue weighted by Gasteiger charge is -2.19. The first-order valence-corrected chi connectivity index (χ1v) is 9.35. The maximum Gasteiger partial charge on any atom is 0.290 e. The van der Waals surface area contributed by atoms with Crippen molar-refractivity contribution >= 4 is 5.91 Å². The first-order chi connectivity index (χ1) is 14.5. The average molecular weight is 406 g/mol. The van der Waals surface area contributed by atoms with Gasteiger partial charge in [0.05, 0.1) is 12.8 Å². The SMILES string of the molecule is COc1cccc([C@@H](NC(=O)c2cc(-c3cn(C)nc3C)no2)c2nccn2C)c1. The van der Waals surface area contributed by atoms with E-state index in [1.807, 2.05) is 62.2 Å². The number of imidazole rings is 1. The van der Waals surface area contributed by atoms with Crippen molar-refractivity contribution in [2.24, 2.45) is 14.1 Å². The quantitative estimate of drug-likeness (QED) is 0.528. The molecule has 0 spiro atoms. The fourth-order valence-electron chi connectivity index (χ4n) is 3.34. The molecule has 4 aromatic rings. The van der Waals surface area contributed by atoms with Crippen LogP contribution in [-0.4, -0.2) is 37.5 Å². The molecule has 1 aromatic carbocycles. The normalized spacial score (nSPS) is 12.0. The number of benzene rings is 1. The van der Waals surface area contributed by atoms with E-state index in [1.54, 1.807) is 24.1 Å². The molecule has 1 atom stereocenters. The molecule has 0 aliphatic carbocycles. The van der Waals surface area contributed by atoms with Crippen molar-refractivity contribution in [1.29, 1.82) is 0 Å². The fraction of sp³-hybridized carbons (Fsp3) is 0.238. The van der Waals surface area contributed by atoms with Crippen LogP contribution in [0, 0.1) is 6.92 Å². The van der Waals surface area contributed by atoms with Crippen LogP contribution in [-0.2, 0) is 14.1 Å². The minimum Gasteiger partial charge on any atom is -0.497 e.